The Hall–Kier alpha value is -2.37. The maximum Gasteiger partial charge on any atom is 0.281 e. The van der Waals surface area contributed by atoms with Crippen LogP contribution in [0, 0.1) is 0 Å². The largest absolute Gasteiger partial charge is 0.372 e. The van der Waals surface area contributed by atoms with Gasteiger partial charge in [-0.15, -0.1) is 0 Å². The van der Waals surface area contributed by atoms with Gasteiger partial charge in [-0.1, -0.05) is 71.2 Å². The second-order valence-corrected chi connectivity index (χ2v) is 7.28. The normalized spacial score (nSPS) is 11.6. The minimum absolute atomic E-state index is 0.346. The van der Waals surface area contributed by atoms with E-state index in [0.717, 1.165) is 5.56 Å². The zero-order chi connectivity index (χ0) is 20.1. The Morgan fingerprint density at radius 3 is 1.61 bits per heavy atom. The maximum atomic E-state index is 12.9. The number of hydrogen-bond acceptors (Lipinski definition) is 3. The number of rotatable bonds is 5. The van der Waals surface area contributed by atoms with E-state index < -0.39 is 11.5 Å². The third kappa shape index (κ3) is 4.54. The lowest BCUT2D eigenvalue weighted by molar-refractivity contribution is -0.136. The molecule has 4 nitrogen and oxygen atoms in total. The number of aliphatic hydroxyl groups is 1. The fourth-order valence-corrected chi connectivity index (χ4v) is 2.98. The van der Waals surface area contributed by atoms with Crippen molar-refractivity contribution in [2.45, 2.75) is 5.60 Å². The number of nitrogens with one attached hydrogen (secondary N) is 1. The van der Waals surface area contributed by atoms with Gasteiger partial charge in [0.2, 0.25) is 0 Å². The Morgan fingerprint density at radius 1 is 0.786 bits per heavy atom. The van der Waals surface area contributed by atoms with Crippen LogP contribution < -0.4 is 5.43 Å². The first kappa shape index (κ1) is 20.4. The first-order chi connectivity index (χ1) is 13.4. The molecular weight excluding hydrogens is 419 g/mol. The number of amides is 1. The second-order valence-electron chi connectivity index (χ2n) is 5.97. The molecular formula is C21H15Cl3N2O2. The summed E-state index contributed by atoms with van der Waals surface area (Å²) in [6, 6.07) is 19.7. The smallest absolute Gasteiger partial charge is 0.281 e. The number of hydrazone groups is 1. The van der Waals surface area contributed by atoms with Crippen molar-refractivity contribution in [3.05, 3.63) is 105 Å². The Bertz CT molecular complexity index is 940. The third-order valence-electron chi connectivity index (χ3n) is 4.10. The van der Waals surface area contributed by atoms with Crippen molar-refractivity contribution in [2.24, 2.45) is 5.10 Å². The molecule has 7 heteroatoms. The molecule has 0 bridgehead atoms. The highest BCUT2D eigenvalue weighted by atomic mass is 35.5. The van der Waals surface area contributed by atoms with Crippen LogP contribution in [0.2, 0.25) is 15.1 Å². The number of halogens is 3. The maximum absolute atomic E-state index is 12.9. The Kier molecular flexibility index (Phi) is 6.37. The lowest BCUT2D eigenvalue weighted by atomic mass is 9.85. The molecule has 0 saturated carbocycles. The van der Waals surface area contributed by atoms with Gasteiger partial charge in [0, 0.05) is 15.1 Å². The van der Waals surface area contributed by atoms with Crippen LogP contribution in [-0.2, 0) is 10.4 Å². The minimum Gasteiger partial charge on any atom is -0.372 e. The van der Waals surface area contributed by atoms with Gasteiger partial charge in [0.1, 0.15) is 0 Å². The molecule has 0 saturated heterocycles. The SMILES string of the molecule is O=C(N/N=C/c1ccc(Cl)cc1)C(O)(c1ccc(Cl)cc1)c1ccc(Cl)cc1. The van der Waals surface area contributed by atoms with Crippen molar-refractivity contribution in [1.29, 1.82) is 0 Å². The van der Waals surface area contributed by atoms with Crippen molar-refractivity contribution < 1.29 is 9.90 Å². The van der Waals surface area contributed by atoms with Crippen LogP contribution in [0.3, 0.4) is 0 Å². The number of hydrogen-bond donors (Lipinski definition) is 2. The van der Waals surface area contributed by atoms with Gasteiger partial charge in [-0.05, 0) is 53.1 Å². The van der Waals surface area contributed by atoms with E-state index >= 15 is 0 Å². The minimum atomic E-state index is -1.98. The molecule has 3 aromatic carbocycles. The zero-order valence-electron chi connectivity index (χ0n) is 14.4. The summed E-state index contributed by atoms with van der Waals surface area (Å²) >= 11 is 17.7. The summed E-state index contributed by atoms with van der Waals surface area (Å²) in [6.45, 7) is 0. The van der Waals surface area contributed by atoms with Crippen LogP contribution in [-0.4, -0.2) is 17.2 Å². The van der Waals surface area contributed by atoms with Crippen molar-refractivity contribution in [1.82, 2.24) is 5.43 Å². The van der Waals surface area contributed by atoms with Gasteiger partial charge in [0.15, 0.2) is 5.60 Å². The van der Waals surface area contributed by atoms with E-state index in [1.54, 1.807) is 72.8 Å². The fourth-order valence-electron chi connectivity index (χ4n) is 2.61. The third-order valence-corrected chi connectivity index (χ3v) is 4.86. The van der Waals surface area contributed by atoms with Crippen molar-refractivity contribution in [3.8, 4) is 0 Å². The van der Waals surface area contributed by atoms with Crippen LogP contribution in [0.4, 0.5) is 0 Å². The van der Waals surface area contributed by atoms with E-state index in [4.69, 9.17) is 34.8 Å². The van der Waals surface area contributed by atoms with E-state index in [1.165, 1.54) is 6.21 Å². The summed E-state index contributed by atoms with van der Waals surface area (Å²) in [4.78, 5) is 12.9. The quantitative estimate of drug-likeness (QED) is 0.438. The molecule has 1 amide bonds. The summed E-state index contributed by atoms with van der Waals surface area (Å²) < 4.78 is 0. The molecule has 0 aliphatic carbocycles. The number of carbonyl (C=O) groups excluding carboxylic acids is 1. The van der Waals surface area contributed by atoms with Gasteiger partial charge >= 0.3 is 0 Å². The molecule has 0 aromatic heterocycles. The first-order valence-electron chi connectivity index (χ1n) is 8.23. The van der Waals surface area contributed by atoms with Gasteiger partial charge in [0.25, 0.3) is 5.91 Å². The second kappa shape index (κ2) is 8.76. The molecule has 0 spiro atoms. The van der Waals surface area contributed by atoms with Gasteiger partial charge in [-0.25, -0.2) is 5.43 Å². The summed E-state index contributed by atoms with van der Waals surface area (Å²) in [5, 5.41) is 16.9. The van der Waals surface area contributed by atoms with E-state index in [9.17, 15) is 9.90 Å². The average Bonchev–Trinajstić information content (AvgIpc) is 2.70. The Morgan fingerprint density at radius 2 is 1.18 bits per heavy atom. The van der Waals surface area contributed by atoms with Crippen LogP contribution >= 0.6 is 34.8 Å². The molecule has 3 aromatic rings. The van der Waals surface area contributed by atoms with Crippen molar-refractivity contribution in [2.75, 3.05) is 0 Å². The highest BCUT2D eigenvalue weighted by Gasteiger charge is 2.40. The molecule has 2 N–H and O–H groups in total. The van der Waals surface area contributed by atoms with Crippen LogP contribution in [0.15, 0.2) is 77.9 Å². The predicted octanol–water partition coefficient (Wildman–Crippen LogP) is 5.03. The summed E-state index contributed by atoms with van der Waals surface area (Å²) in [5.41, 5.74) is 1.85. The van der Waals surface area contributed by atoms with Crippen LogP contribution in [0.25, 0.3) is 0 Å². The monoisotopic (exact) mass is 432 g/mol. The predicted molar refractivity (Wildman–Crippen MR) is 113 cm³/mol. The molecule has 0 aliphatic rings. The molecule has 0 fully saturated rings. The Balaban J connectivity index is 1.91. The van der Waals surface area contributed by atoms with E-state index in [1.807, 2.05) is 0 Å². The van der Waals surface area contributed by atoms with Gasteiger partial charge in [-0.2, -0.15) is 5.10 Å². The molecule has 142 valence electrons. The lowest BCUT2D eigenvalue weighted by Crippen LogP contribution is -2.43. The highest BCUT2D eigenvalue weighted by molar-refractivity contribution is 6.31. The lowest BCUT2D eigenvalue weighted by Gasteiger charge is -2.27. The molecule has 0 radical (unpaired) electrons. The number of nitrogens with zero attached hydrogens (tertiary/aromatic N) is 1. The van der Waals surface area contributed by atoms with Crippen molar-refractivity contribution in [3.63, 3.8) is 0 Å². The van der Waals surface area contributed by atoms with E-state index in [0.29, 0.717) is 26.2 Å². The summed E-state index contributed by atoms with van der Waals surface area (Å²) in [6.07, 6.45) is 1.46. The topological polar surface area (TPSA) is 61.7 Å². The molecule has 0 atom stereocenters. The van der Waals surface area contributed by atoms with E-state index in [-0.39, 0.29) is 0 Å². The van der Waals surface area contributed by atoms with Gasteiger partial charge in [-0.3, -0.25) is 4.79 Å². The number of carbonyl (C=O) groups is 1. The van der Waals surface area contributed by atoms with Crippen LogP contribution in [0.1, 0.15) is 16.7 Å². The standard InChI is InChI=1S/C21H15Cl3N2O2/c22-17-7-1-14(2-8-17)13-25-26-20(27)21(28,15-3-9-18(23)10-4-15)16-5-11-19(24)12-6-16/h1-13,28H,(H,26,27)/b25-13+. The zero-order valence-corrected chi connectivity index (χ0v) is 16.7. The summed E-state index contributed by atoms with van der Waals surface area (Å²) in [5.74, 6) is -0.720. The van der Waals surface area contributed by atoms with Gasteiger partial charge < -0.3 is 5.11 Å². The molecule has 0 unspecified atom stereocenters. The number of benzene rings is 3. The highest BCUT2D eigenvalue weighted by Crippen LogP contribution is 2.31. The van der Waals surface area contributed by atoms with Gasteiger partial charge in [0.05, 0.1) is 6.21 Å². The molecule has 0 heterocycles. The summed E-state index contributed by atoms with van der Waals surface area (Å²) in [7, 11) is 0. The molecule has 0 aliphatic heterocycles. The first-order valence-corrected chi connectivity index (χ1v) is 9.36. The average molecular weight is 434 g/mol. The molecule has 28 heavy (non-hydrogen) atoms. The molecule has 3 rings (SSSR count). The Labute approximate surface area is 177 Å². The van der Waals surface area contributed by atoms with Crippen LogP contribution in [0.5, 0.6) is 0 Å². The van der Waals surface area contributed by atoms with Crippen molar-refractivity contribution >= 4 is 46.9 Å². The van der Waals surface area contributed by atoms with E-state index in [2.05, 4.69) is 10.5 Å². The fraction of sp³-hybridized carbons (Fsp3) is 0.0476.